The number of halogens is 2. The fourth-order valence-corrected chi connectivity index (χ4v) is 6.53. The number of pyridine rings is 1. The summed E-state index contributed by atoms with van der Waals surface area (Å²) in [6.45, 7) is 8.16. The van der Waals surface area contributed by atoms with Gasteiger partial charge in [-0.2, -0.15) is 0 Å². The van der Waals surface area contributed by atoms with Crippen LogP contribution in [-0.4, -0.2) is 60.1 Å². The van der Waals surface area contributed by atoms with E-state index in [1.54, 1.807) is 18.5 Å². The van der Waals surface area contributed by atoms with E-state index in [9.17, 15) is 4.79 Å². The molecule has 12 heteroatoms. The molecule has 1 fully saturated rings. The number of benzene rings is 1. The first-order valence-corrected chi connectivity index (χ1v) is 15.7. The zero-order valence-electron chi connectivity index (χ0n) is 24.8. The van der Waals surface area contributed by atoms with Crippen molar-refractivity contribution in [3.63, 3.8) is 0 Å². The van der Waals surface area contributed by atoms with Gasteiger partial charge in [0.05, 0.1) is 36.7 Å². The van der Waals surface area contributed by atoms with Gasteiger partial charge < -0.3 is 19.3 Å². The molecule has 6 rings (SSSR count). The lowest BCUT2D eigenvalue weighted by Crippen LogP contribution is -2.33. The molecule has 3 aromatic heterocycles. The third-order valence-corrected chi connectivity index (χ3v) is 8.65. The molecule has 0 amide bonds. The van der Waals surface area contributed by atoms with Crippen LogP contribution in [0.25, 0.3) is 11.3 Å². The molecule has 0 spiro atoms. The number of hydrogen-bond donors (Lipinski definition) is 1. The first-order chi connectivity index (χ1) is 21.2. The Morgan fingerprint density at radius 3 is 2.43 bits per heavy atom. The number of aliphatic carboxylic acids is 1. The molecular weight excluding hydrogens is 601 g/mol. The second-order valence-corrected chi connectivity index (χ2v) is 12.7. The first-order valence-electron chi connectivity index (χ1n) is 14.9. The summed E-state index contributed by atoms with van der Waals surface area (Å²) in [6.07, 6.45) is 8.09. The van der Waals surface area contributed by atoms with Gasteiger partial charge in [0.25, 0.3) is 0 Å². The van der Waals surface area contributed by atoms with Crippen molar-refractivity contribution in [2.75, 3.05) is 24.5 Å². The molecular formula is C32H35Cl2N7O3. The van der Waals surface area contributed by atoms with Crippen LogP contribution in [0.3, 0.4) is 0 Å². The van der Waals surface area contributed by atoms with Crippen molar-refractivity contribution < 1.29 is 14.6 Å². The quantitative estimate of drug-likeness (QED) is 0.216. The number of likely N-dealkylation sites (tertiary alicyclic amines) is 1. The highest BCUT2D eigenvalue weighted by Gasteiger charge is 2.24. The minimum absolute atomic E-state index is 0.219. The van der Waals surface area contributed by atoms with E-state index in [1.165, 1.54) is 5.69 Å². The molecule has 0 unspecified atom stereocenters. The number of carboxylic acid groups (broad SMARTS) is 1. The van der Waals surface area contributed by atoms with Gasteiger partial charge in [-0.25, -0.2) is 19.9 Å². The number of imidazole rings is 1. The SMILES string of the molecule is CC(C)n1cnc2c1CCN(c1ncc(Oc3cc(CN4CCC(CC(=O)O)CC4)cc(-c4cc(Cl)cc(Cl)c4)n3)cn1)C2. The highest BCUT2D eigenvalue weighted by Crippen LogP contribution is 2.31. The molecule has 0 atom stereocenters. The number of carbonyl (C=O) groups is 1. The summed E-state index contributed by atoms with van der Waals surface area (Å²) < 4.78 is 8.43. The van der Waals surface area contributed by atoms with Crippen LogP contribution in [0.2, 0.25) is 10.0 Å². The maximum absolute atomic E-state index is 11.1. The molecule has 0 saturated carbocycles. The van der Waals surface area contributed by atoms with Crippen LogP contribution >= 0.6 is 23.2 Å². The molecule has 10 nitrogen and oxygen atoms in total. The zero-order chi connectivity index (χ0) is 30.8. The van der Waals surface area contributed by atoms with Crippen molar-refractivity contribution in [1.82, 2.24) is 29.4 Å². The van der Waals surface area contributed by atoms with Gasteiger partial charge in [0.1, 0.15) is 0 Å². The predicted octanol–water partition coefficient (Wildman–Crippen LogP) is 6.66. The van der Waals surface area contributed by atoms with Gasteiger partial charge in [-0.1, -0.05) is 23.2 Å². The Morgan fingerprint density at radius 2 is 1.75 bits per heavy atom. The summed E-state index contributed by atoms with van der Waals surface area (Å²) >= 11 is 12.6. The Bertz CT molecular complexity index is 1620. The second-order valence-electron chi connectivity index (χ2n) is 11.8. The van der Waals surface area contributed by atoms with E-state index in [0.717, 1.165) is 55.7 Å². The summed E-state index contributed by atoms with van der Waals surface area (Å²) in [4.78, 5) is 34.2. The molecule has 44 heavy (non-hydrogen) atoms. The normalized spacial score (nSPS) is 15.9. The van der Waals surface area contributed by atoms with Gasteiger partial charge in [0.2, 0.25) is 11.8 Å². The van der Waals surface area contributed by atoms with Crippen LogP contribution in [0.15, 0.2) is 49.1 Å². The van der Waals surface area contributed by atoms with Gasteiger partial charge >= 0.3 is 5.97 Å². The van der Waals surface area contributed by atoms with E-state index in [-0.39, 0.29) is 12.3 Å². The molecule has 0 radical (unpaired) electrons. The number of ether oxygens (including phenoxy) is 1. The molecule has 2 aliphatic rings. The molecule has 1 saturated heterocycles. The third-order valence-electron chi connectivity index (χ3n) is 8.21. The van der Waals surface area contributed by atoms with Crippen molar-refractivity contribution in [3.8, 4) is 22.9 Å². The lowest BCUT2D eigenvalue weighted by Gasteiger charge is -2.31. The van der Waals surface area contributed by atoms with Crippen LogP contribution in [0.5, 0.6) is 11.6 Å². The van der Waals surface area contributed by atoms with E-state index >= 15 is 0 Å². The average molecular weight is 637 g/mol. The van der Waals surface area contributed by atoms with Crippen molar-refractivity contribution in [2.45, 2.75) is 58.7 Å². The van der Waals surface area contributed by atoms with E-state index in [2.05, 4.69) is 43.2 Å². The summed E-state index contributed by atoms with van der Waals surface area (Å²) in [5.41, 5.74) is 4.83. The molecule has 2 aliphatic heterocycles. The molecule has 230 valence electrons. The standard InChI is InChI=1S/C32H35Cl2N7O3/c1-20(2)41-19-37-28-18-40(8-5-29(28)41)32-35-15-26(16-36-32)44-30-10-22(17-39-6-3-21(4-7-39)11-31(42)43)9-27(38-30)23-12-24(33)14-25(34)13-23/h9-10,12-16,19-21H,3-8,11,17-18H2,1-2H3,(H,42,43). The number of hydrogen-bond acceptors (Lipinski definition) is 8. The molecule has 5 heterocycles. The van der Waals surface area contributed by atoms with E-state index in [4.69, 9.17) is 38.0 Å². The first kappa shape index (κ1) is 30.3. The predicted molar refractivity (Wildman–Crippen MR) is 169 cm³/mol. The maximum Gasteiger partial charge on any atom is 0.303 e. The number of carboxylic acids is 1. The number of piperidine rings is 1. The third kappa shape index (κ3) is 7.14. The fraction of sp³-hybridized carbons (Fsp3) is 0.406. The minimum atomic E-state index is -0.732. The Kier molecular flexibility index (Phi) is 9.02. The van der Waals surface area contributed by atoms with Gasteiger partial charge in [-0.3, -0.25) is 9.69 Å². The molecule has 4 aromatic rings. The number of rotatable bonds is 9. The van der Waals surface area contributed by atoms with Crippen LogP contribution < -0.4 is 9.64 Å². The highest BCUT2D eigenvalue weighted by atomic mass is 35.5. The lowest BCUT2D eigenvalue weighted by molar-refractivity contribution is -0.138. The largest absolute Gasteiger partial charge is 0.481 e. The smallest absolute Gasteiger partial charge is 0.303 e. The monoisotopic (exact) mass is 635 g/mol. The Labute approximate surface area is 266 Å². The van der Waals surface area contributed by atoms with E-state index in [0.29, 0.717) is 52.4 Å². The van der Waals surface area contributed by atoms with Gasteiger partial charge in [0.15, 0.2) is 5.75 Å². The zero-order valence-corrected chi connectivity index (χ0v) is 26.3. The Morgan fingerprint density at radius 1 is 1.02 bits per heavy atom. The van der Waals surface area contributed by atoms with Gasteiger partial charge in [0, 0.05) is 59.3 Å². The van der Waals surface area contributed by atoms with E-state index in [1.807, 2.05) is 30.6 Å². The minimum Gasteiger partial charge on any atom is -0.481 e. The number of nitrogens with zero attached hydrogens (tertiary/aromatic N) is 7. The van der Waals surface area contributed by atoms with Crippen LogP contribution in [0.1, 0.15) is 56.1 Å². The number of fused-ring (bicyclic) bond motifs is 1. The van der Waals surface area contributed by atoms with Crippen molar-refractivity contribution in [2.24, 2.45) is 5.92 Å². The van der Waals surface area contributed by atoms with Gasteiger partial charge in [-0.15, -0.1) is 0 Å². The fourth-order valence-electron chi connectivity index (χ4n) is 6.00. The molecule has 0 aliphatic carbocycles. The second kappa shape index (κ2) is 13.1. The van der Waals surface area contributed by atoms with Crippen molar-refractivity contribution >= 4 is 35.1 Å². The lowest BCUT2D eigenvalue weighted by atomic mass is 9.93. The van der Waals surface area contributed by atoms with Crippen molar-refractivity contribution in [1.29, 1.82) is 0 Å². The van der Waals surface area contributed by atoms with Crippen molar-refractivity contribution in [3.05, 3.63) is 76.0 Å². The molecule has 1 N–H and O–H groups in total. The Balaban J connectivity index is 1.19. The highest BCUT2D eigenvalue weighted by molar-refractivity contribution is 6.35. The summed E-state index contributed by atoms with van der Waals surface area (Å²) in [7, 11) is 0. The van der Waals surface area contributed by atoms with Gasteiger partial charge in [-0.05, 0) is 75.5 Å². The molecule has 1 aromatic carbocycles. The number of aromatic nitrogens is 5. The topological polar surface area (TPSA) is 110 Å². The summed E-state index contributed by atoms with van der Waals surface area (Å²) in [5.74, 6) is 1.00. The summed E-state index contributed by atoms with van der Waals surface area (Å²) in [6, 6.07) is 9.66. The van der Waals surface area contributed by atoms with Crippen LogP contribution in [-0.2, 0) is 24.3 Å². The Hall–Kier alpha value is -3.73. The van der Waals surface area contributed by atoms with Crippen LogP contribution in [0, 0.1) is 5.92 Å². The summed E-state index contributed by atoms with van der Waals surface area (Å²) in [5, 5.41) is 10.2. The molecule has 0 bridgehead atoms. The van der Waals surface area contributed by atoms with Crippen LogP contribution in [0.4, 0.5) is 5.95 Å². The average Bonchev–Trinajstić information content (AvgIpc) is 3.42. The maximum atomic E-state index is 11.1. The number of anilines is 1. The van der Waals surface area contributed by atoms with E-state index < -0.39 is 5.97 Å².